The average molecular weight is 264 g/mol. The SMILES string of the molecule is CC(CO)CNC(=O)c1ccccc1SCC#N. The Morgan fingerprint density at radius 3 is 2.94 bits per heavy atom. The van der Waals surface area contributed by atoms with Crippen LogP contribution in [0, 0.1) is 17.2 Å². The van der Waals surface area contributed by atoms with Crippen LogP contribution in [-0.4, -0.2) is 29.9 Å². The van der Waals surface area contributed by atoms with Crippen LogP contribution in [0.5, 0.6) is 0 Å². The minimum absolute atomic E-state index is 0.0351. The number of nitrogens with zero attached hydrogens (tertiary/aromatic N) is 1. The van der Waals surface area contributed by atoms with Gasteiger partial charge in [-0.1, -0.05) is 19.1 Å². The summed E-state index contributed by atoms with van der Waals surface area (Å²) in [5, 5.41) is 20.2. The Morgan fingerprint density at radius 2 is 2.28 bits per heavy atom. The van der Waals surface area contributed by atoms with Gasteiger partial charge in [-0.25, -0.2) is 0 Å². The standard InChI is InChI=1S/C13H16N2O2S/c1-10(9-16)8-15-13(17)11-4-2-3-5-12(11)18-7-6-14/h2-5,10,16H,7-9H2,1H3,(H,15,17). The van der Waals surface area contributed by atoms with Crippen LogP contribution in [0.25, 0.3) is 0 Å². The molecule has 0 aliphatic heterocycles. The van der Waals surface area contributed by atoms with Gasteiger partial charge < -0.3 is 10.4 Å². The second kappa shape index (κ2) is 7.75. The van der Waals surface area contributed by atoms with Crippen molar-refractivity contribution in [3.63, 3.8) is 0 Å². The number of rotatable bonds is 6. The van der Waals surface area contributed by atoms with Crippen LogP contribution in [-0.2, 0) is 0 Å². The van der Waals surface area contributed by atoms with Crippen LogP contribution in [0.4, 0.5) is 0 Å². The number of aliphatic hydroxyl groups excluding tert-OH is 1. The minimum atomic E-state index is -0.170. The molecule has 0 aromatic heterocycles. The third kappa shape index (κ3) is 4.40. The molecule has 1 unspecified atom stereocenters. The molecule has 1 aromatic rings. The van der Waals surface area contributed by atoms with Gasteiger partial charge in [0, 0.05) is 18.0 Å². The fourth-order valence-corrected chi connectivity index (χ4v) is 2.03. The van der Waals surface area contributed by atoms with Crippen molar-refractivity contribution in [1.29, 1.82) is 5.26 Å². The highest BCUT2D eigenvalue weighted by Gasteiger charge is 2.11. The second-order valence-electron chi connectivity index (χ2n) is 3.94. The lowest BCUT2D eigenvalue weighted by atomic mass is 10.1. The number of hydrogen-bond acceptors (Lipinski definition) is 4. The van der Waals surface area contributed by atoms with Crippen molar-refractivity contribution in [2.75, 3.05) is 18.9 Å². The molecule has 0 saturated carbocycles. The molecule has 0 heterocycles. The zero-order valence-corrected chi connectivity index (χ0v) is 11.0. The van der Waals surface area contributed by atoms with Gasteiger partial charge in [0.15, 0.2) is 0 Å². The van der Waals surface area contributed by atoms with Crippen LogP contribution < -0.4 is 5.32 Å². The number of aliphatic hydroxyl groups is 1. The van der Waals surface area contributed by atoms with Crippen molar-refractivity contribution in [2.24, 2.45) is 5.92 Å². The van der Waals surface area contributed by atoms with E-state index < -0.39 is 0 Å². The Bertz CT molecular complexity index is 443. The molecule has 1 rings (SSSR count). The van der Waals surface area contributed by atoms with Gasteiger partial charge >= 0.3 is 0 Å². The molecular formula is C13H16N2O2S. The van der Waals surface area contributed by atoms with Crippen molar-refractivity contribution < 1.29 is 9.90 Å². The van der Waals surface area contributed by atoms with Gasteiger partial charge in [0.25, 0.3) is 5.91 Å². The normalized spacial score (nSPS) is 11.6. The summed E-state index contributed by atoms with van der Waals surface area (Å²) in [5.74, 6) is 0.182. The van der Waals surface area contributed by atoms with E-state index in [0.717, 1.165) is 4.90 Å². The fraction of sp³-hybridized carbons (Fsp3) is 0.385. The second-order valence-corrected chi connectivity index (χ2v) is 4.96. The predicted octanol–water partition coefficient (Wildman–Crippen LogP) is 1.66. The molecule has 0 aliphatic rings. The summed E-state index contributed by atoms with van der Waals surface area (Å²) in [5.41, 5.74) is 0.572. The summed E-state index contributed by atoms with van der Waals surface area (Å²) < 4.78 is 0. The number of carbonyl (C=O) groups is 1. The summed E-state index contributed by atoms with van der Waals surface area (Å²) in [4.78, 5) is 12.8. The Balaban J connectivity index is 2.70. The highest BCUT2D eigenvalue weighted by atomic mass is 32.2. The summed E-state index contributed by atoms with van der Waals surface area (Å²) in [7, 11) is 0. The zero-order valence-electron chi connectivity index (χ0n) is 10.2. The monoisotopic (exact) mass is 264 g/mol. The first-order valence-corrected chi connectivity index (χ1v) is 6.65. The lowest BCUT2D eigenvalue weighted by Crippen LogP contribution is -2.29. The molecule has 0 spiro atoms. The lowest BCUT2D eigenvalue weighted by molar-refractivity contribution is 0.0939. The highest BCUT2D eigenvalue weighted by Crippen LogP contribution is 2.22. The molecule has 18 heavy (non-hydrogen) atoms. The molecule has 1 aromatic carbocycles. The number of carbonyl (C=O) groups excluding carboxylic acids is 1. The number of thioether (sulfide) groups is 1. The Labute approximate surface area is 111 Å². The summed E-state index contributed by atoms with van der Waals surface area (Å²) in [6, 6.07) is 9.23. The van der Waals surface area contributed by atoms with E-state index in [1.54, 1.807) is 12.1 Å². The number of benzene rings is 1. The van der Waals surface area contributed by atoms with Gasteiger partial charge in [0.1, 0.15) is 0 Å². The molecule has 0 saturated heterocycles. The van der Waals surface area contributed by atoms with E-state index in [1.165, 1.54) is 11.8 Å². The largest absolute Gasteiger partial charge is 0.396 e. The van der Waals surface area contributed by atoms with E-state index in [1.807, 2.05) is 25.1 Å². The van der Waals surface area contributed by atoms with Gasteiger partial charge in [-0.3, -0.25) is 4.79 Å². The topological polar surface area (TPSA) is 73.1 Å². The van der Waals surface area contributed by atoms with E-state index in [2.05, 4.69) is 5.32 Å². The van der Waals surface area contributed by atoms with E-state index >= 15 is 0 Å². The third-order valence-electron chi connectivity index (χ3n) is 2.35. The van der Waals surface area contributed by atoms with Gasteiger partial charge in [0.05, 0.1) is 17.4 Å². The maximum Gasteiger partial charge on any atom is 0.252 e. The molecule has 2 N–H and O–H groups in total. The molecule has 0 fully saturated rings. The molecule has 1 atom stereocenters. The van der Waals surface area contributed by atoms with Gasteiger partial charge in [-0.05, 0) is 18.1 Å². The molecule has 4 nitrogen and oxygen atoms in total. The summed E-state index contributed by atoms with van der Waals surface area (Å²) >= 11 is 1.34. The quantitative estimate of drug-likeness (QED) is 0.766. The van der Waals surface area contributed by atoms with Crippen molar-refractivity contribution in [2.45, 2.75) is 11.8 Å². The molecule has 0 bridgehead atoms. The summed E-state index contributed by atoms with van der Waals surface area (Å²) in [6.07, 6.45) is 0. The molecule has 96 valence electrons. The highest BCUT2D eigenvalue weighted by molar-refractivity contribution is 7.99. The fourth-order valence-electron chi connectivity index (χ4n) is 1.32. The molecule has 1 amide bonds. The first-order valence-electron chi connectivity index (χ1n) is 5.67. The maximum atomic E-state index is 12.0. The van der Waals surface area contributed by atoms with Crippen LogP contribution in [0.3, 0.4) is 0 Å². The number of nitrogens with one attached hydrogen (secondary N) is 1. The van der Waals surface area contributed by atoms with Gasteiger partial charge in [0.2, 0.25) is 0 Å². The van der Waals surface area contributed by atoms with Crippen molar-refractivity contribution in [3.8, 4) is 6.07 Å². The van der Waals surface area contributed by atoms with Crippen LogP contribution in [0.1, 0.15) is 17.3 Å². The number of hydrogen-bond donors (Lipinski definition) is 2. The van der Waals surface area contributed by atoms with E-state index in [0.29, 0.717) is 17.9 Å². The zero-order chi connectivity index (χ0) is 13.4. The first kappa shape index (κ1) is 14.6. The average Bonchev–Trinajstić information content (AvgIpc) is 2.42. The van der Waals surface area contributed by atoms with Crippen molar-refractivity contribution in [3.05, 3.63) is 29.8 Å². The molecular weight excluding hydrogens is 248 g/mol. The number of amides is 1. The predicted molar refractivity (Wildman–Crippen MR) is 71.4 cm³/mol. The van der Waals surface area contributed by atoms with Crippen LogP contribution in [0.15, 0.2) is 29.2 Å². The molecule has 5 heteroatoms. The lowest BCUT2D eigenvalue weighted by Gasteiger charge is -2.11. The Morgan fingerprint density at radius 1 is 1.56 bits per heavy atom. The molecule has 0 radical (unpaired) electrons. The van der Waals surface area contributed by atoms with Gasteiger partial charge in [-0.15, -0.1) is 11.8 Å². The van der Waals surface area contributed by atoms with Crippen LogP contribution >= 0.6 is 11.8 Å². The number of nitriles is 1. The molecule has 0 aliphatic carbocycles. The Hall–Kier alpha value is -1.51. The smallest absolute Gasteiger partial charge is 0.252 e. The first-order chi connectivity index (χ1) is 8.69. The maximum absolute atomic E-state index is 12.0. The summed E-state index contributed by atoms with van der Waals surface area (Å²) in [6.45, 7) is 2.34. The van der Waals surface area contributed by atoms with Crippen LogP contribution in [0.2, 0.25) is 0 Å². The Kier molecular flexibility index (Phi) is 6.26. The van der Waals surface area contributed by atoms with Gasteiger partial charge in [-0.2, -0.15) is 5.26 Å². The third-order valence-corrected chi connectivity index (χ3v) is 3.29. The van der Waals surface area contributed by atoms with E-state index in [-0.39, 0.29) is 18.4 Å². The van der Waals surface area contributed by atoms with E-state index in [9.17, 15) is 4.79 Å². The minimum Gasteiger partial charge on any atom is -0.396 e. The van der Waals surface area contributed by atoms with Crippen molar-refractivity contribution in [1.82, 2.24) is 5.32 Å². The van der Waals surface area contributed by atoms with E-state index in [4.69, 9.17) is 10.4 Å². The van der Waals surface area contributed by atoms with Crippen molar-refractivity contribution >= 4 is 17.7 Å².